The Hall–Kier alpha value is -5.21. The standard InChI is InChI=1S/C34H25ClN2O6/c1-3-36-26-16-10-9-15-23(26)30(31(36)20-11-5-4-6-12-20)28(38)19-43-34(41)24-17-25(35)27(18-29(24)42-2)37-32(39)21-13-7-8-14-22(21)33(37)40/h4-18H,3,19H2,1-2H3. The molecule has 2 heterocycles. The molecule has 0 spiro atoms. The fraction of sp³-hybridized carbons (Fsp3) is 0.118. The summed E-state index contributed by atoms with van der Waals surface area (Å²) in [7, 11) is 1.34. The van der Waals surface area contributed by atoms with Crippen LogP contribution in [0.4, 0.5) is 5.69 Å². The van der Waals surface area contributed by atoms with Crippen LogP contribution in [0.2, 0.25) is 5.02 Å². The van der Waals surface area contributed by atoms with Crippen LogP contribution in [0.25, 0.3) is 22.2 Å². The fourth-order valence-corrected chi connectivity index (χ4v) is 5.79. The van der Waals surface area contributed by atoms with Gasteiger partial charge in [0.05, 0.1) is 40.2 Å². The molecule has 43 heavy (non-hydrogen) atoms. The van der Waals surface area contributed by atoms with Crippen molar-refractivity contribution in [2.24, 2.45) is 0 Å². The average molecular weight is 593 g/mol. The normalized spacial score (nSPS) is 12.5. The lowest BCUT2D eigenvalue weighted by Gasteiger charge is -2.18. The van der Waals surface area contributed by atoms with Crippen molar-refractivity contribution in [1.82, 2.24) is 4.57 Å². The molecule has 9 heteroatoms. The van der Waals surface area contributed by atoms with Gasteiger partial charge in [0, 0.05) is 23.5 Å². The molecule has 1 aliphatic rings. The number of methoxy groups -OCH3 is 1. The molecule has 0 atom stereocenters. The van der Waals surface area contributed by atoms with Gasteiger partial charge >= 0.3 is 5.97 Å². The molecule has 8 nitrogen and oxygen atoms in total. The van der Waals surface area contributed by atoms with Crippen LogP contribution in [0.3, 0.4) is 0 Å². The van der Waals surface area contributed by atoms with E-state index >= 15 is 0 Å². The van der Waals surface area contributed by atoms with Crippen molar-refractivity contribution >= 4 is 51.8 Å². The highest BCUT2D eigenvalue weighted by Crippen LogP contribution is 2.38. The Kier molecular flexibility index (Phi) is 7.29. The number of Topliss-reactive ketones (excluding diaryl/α,β-unsaturated/α-hetero) is 1. The quantitative estimate of drug-likeness (QED) is 0.111. The Morgan fingerprint density at radius 3 is 2.12 bits per heavy atom. The molecule has 0 aliphatic carbocycles. The molecule has 0 N–H and O–H groups in total. The SMILES string of the molecule is CCn1c(-c2ccccc2)c(C(=O)COC(=O)c2cc(Cl)c(N3C(=O)c4ccccc4C3=O)cc2OC)c2ccccc21. The number of halogens is 1. The van der Waals surface area contributed by atoms with Crippen molar-refractivity contribution < 1.29 is 28.7 Å². The molecule has 0 fully saturated rings. The van der Waals surface area contributed by atoms with Gasteiger partial charge in [-0.1, -0.05) is 72.3 Å². The molecule has 1 aliphatic heterocycles. The Bertz CT molecular complexity index is 1910. The van der Waals surface area contributed by atoms with Crippen molar-refractivity contribution in [2.45, 2.75) is 13.5 Å². The summed E-state index contributed by atoms with van der Waals surface area (Å²) in [6.07, 6.45) is 0. The first kappa shape index (κ1) is 27.9. The second-order valence-electron chi connectivity index (χ2n) is 9.85. The van der Waals surface area contributed by atoms with Crippen molar-refractivity contribution in [2.75, 3.05) is 18.6 Å². The van der Waals surface area contributed by atoms with Gasteiger partial charge in [-0.15, -0.1) is 0 Å². The van der Waals surface area contributed by atoms with Gasteiger partial charge in [-0.3, -0.25) is 14.4 Å². The van der Waals surface area contributed by atoms with Gasteiger partial charge in [0.25, 0.3) is 11.8 Å². The summed E-state index contributed by atoms with van der Waals surface area (Å²) in [6.45, 7) is 2.11. The van der Waals surface area contributed by atoms with Crippen molar-refractivity contribution in [3.8, 4) is 17.0 Å². The predicted octanol–water partition coefficient (Wildman–Crippen LogP) is 6.83. The topological polar surface area (TPSA) is 94.9 Å². The third-order valence-corrected chi connectivity index (χ3v) is 7.77. The molecular weight excluding hydrogens is 568 g/mol. The monoisotopic (exact) mass is 592 g/mol. The molecule has 0 saturated heterocycles. The maximum atomic E-state index is 13.7. The number of aromatic nitrogens is 1. The van der Waals surface area contributed by atoms with Crippen molar-refractivity contribution in [3.05, 3.63) is 118 Å². The van der Waals surface area contributed by atoms with E-state index in [0.29, 0.717) is 12.1 Å². The molecule has 0 bridgehead atoms. The Morgan fingerprint density at radius 1 is 0.837 bits per heavy atom. The van der Waals surface area contributed by atoms with Gasteiger partial charge in [-0.25, -0.2) is 9.69 Å². The van der Waals surface area contributed by atoms with E-state index in [1.807, 2.05) is 61.5 Å². The van der Waals surface area contributed by atoms with Gasteiger partial charge < -0.3 is 14.0 Å². The smallest absolute Gasteiger partial charge is 0.342 e. The number of amides is 2. The number of rotatable bonds is 8. The third kappa shape index (κ3) is 4.66. The molecule has 5 aromatic rings. The van der Waals surface area contributed by atoms with E-state index in [9.17, 15) is 19.2 Å². The zero-order valence-corrected chi connectivity index (χ0v) is 24.1. The van der Waals surface area contributed by atoms with E-state index in [1.165, 1.54) is 19.2 Å². The number of anilines is 1. The molecule has 214 valence electrons. The average Bonchev–Trinajstić information content (AvgIpc) is 3.51. The fourth-order valence-electron chi connectivity index (χ4n) is 5.54. The summed E-state index contributed by atoms with van der Waals surface area (Å²) in [5.74, 6) is -2.26. The van der Waals surface area contributed by atoms with Crippen LogP contribution in [0.15, 0.2) is 91.0 Å². The summed E-state index contributed by atoms with van der Waals surface area (Å²) >= 11 is 6.51. The van der Waals surface area contributed by atoms with Crippen LogP contribution in [0, 0.1) is 0 Å². The summed E-state index contributed by atoms with van der Waals surface area (Å²) in [4.78, 5) is 54.0. The van der Waals surface area contributed by atoms with Gasteiger partial charge in [0.2, 0.25) is 5.78 Å². The number of fused-ring (bicyclic) bond motifs is 2. The van der Waals surface area contributed by atoms with Crippen LogP contribution < -0.4 is 9.64 Å². The van der Waals surface area contributed by atoms with Crippen LogP contribution in [-0.4, -0.2) is 41.9 Å². The minimum atomic E-state index is -0.846. The number of hydrogen-bond acceptors (Lipinski definition) is 6. The minimum absolute atomic E-state index is 0.0287. The van der Waals surface area contributed by atoms with Crippen LogP contribution >= 0.6 is 11.6 Å². The first-order valence-corrected chi connectivity index (χ1v) is 14.0. The number of ketones is 1. The predicted molar refractivity (Wildman–Crippen MR) is 163 cm³/mol. The number of imide groups is 1. The summed E-state index contributed by atoms with van der Waals surface area (Å²) in [5, 5.41) is 0.723. The highest BCUT2D eigenvalue weighted by atomic mass is 35.5. The van der Waals surface area contributed by atoms with Gasteiger partial charge in [0.15, 0.2) is 6.61 Å². The maximum absolute atomic E-state index is 13.7. The molecule has 1 aromatic heterocycles. The van der Waals surface area contributed by atoms with Gasteiger partial charge in [-0.05, 0) is 36.8 Å². The Balaban J connectivity index is 1.30. The molecule has 2 amide bonds. The van der Waals surface area contributed by atoms with Crippen molar-refractivity contribution in [3.63, 3.8) is 0 Å². The number of para-hydroxylation sites is 1. The Morgan fingerprint density at radius 2 is 1.47 bits per heavy atom. The summed E-state index contributed by atoms with van der Waals surface area (Å²) < 4.78 is 13.0. The highest BCUT2D eigenvalue weighted by Gasteiger charge is 2.38. The second kappa shape index (κ2) is 11.2. The second-order valence-corrected chi connectivity index (χ2v) is 10.3. The first-order chi connectivity index (χ1) is 20.8. The zero-order chi connectivity index (χ0) is 30.2. The Labute approximate surface area is 252 Å². The van der Waals surface area contributed by atoms with Crippen LogP contribution in [-0.2, 0) is 11.3 Å². The minimum Gasteiger partial charge on any atom is -0.496 e. The zero-order valence-electron chi connectivity index (χ0n) is 23.3. The summed E-state index contributed by atoms with van der Waals surface area (Å²) in [5.41, 5.74) is 3.49. The lowest BCUT2D eigenvalue weighted by Crippen LogP contribution is -2.29. The number of benzene rings is 4. The van der Waals surface area contributed by atoms with E-state index in [2.05, 4.69) is 4.57 Å². The van der Waals surface area contributed by atoms with E-state index in [-0.39, 0.29) is 38.9 Å². The van der Waals surface area contributed by atoms with E-state index < -0.39 is 24.4 Å². The molecule has 0 radical (unpaired) electrons. The van der Waals surface area contributed by atoms with E-state index in [0.717, 1.165) is 27.1 Å². The molecule has 6 rings (SSSR count). The van der Waals surface area contributed by atoms with Gasteiger partial charge in [0.1, 0.15) is 11.3 Å². The molecule has 0 saturated carbocycles. The van der Waals surface area contributed by atoms with Crippen LogP contribution in [0.5, 0.6) is 5.75 Å². The lowest BCUT2D eigenvalue weighted by atomic mass is 10.0. The largest absolute Gasteiger partial charge is 0.496 e. The first-order valence-electron chi connectivity index (χ1n) is 13.6. The number of carbonyl (C=O) groups excluding carboxylic acids is 4. The molecule has 0 unspecified atom stereocenters. The molecular formula is C34H25ClN2O6. The number of hydrogen-bond donors (Lipinski definition) is 0. The number of esters is 1. The van der Waals surface area contributed by atoms with Crippen LogP contribution in [0.1, 0.15) is 48.4 Å². The third-order valence-electron chi connectivity index (χ3n) is 7.47. The highest BCUT2D eigenvalue weighted by molar-refractivity contribution is 6.40. The van der Waals surface area contributed by atoms with Gasteiger partial charge in [-0.2, -0.15) is 0 Å². The van der Waals surface area contributed by atoms with E-state index in [4.69, 9.17) is 21.1 Å². The summed E-state index contributed by atoms with van der Waals surface area (Å²) in [6, 6.07) is 26.3. The lowest BCUT2D eigenvalue weighted by molar-refractivity contribution is 0.0472. The maximum Gasteiger partial charge on any atom is 0.342 e. The molecule has 4 aromatic carbocycles. The number of carbonyl (C=O) groups is 4. The number of ether oxygens (including phenoxy) is 2. The number of nitrogens with zero attached hydrogens (tertiary/aromatic N) is 2. The van der Waals surface area contributed by atoms with E-state index in [1.54, 1.807) is 24.3 Å². The van der Waals surface area contributed by atoms with Crippen molar-refractivity contribution in [1.29, 1.82) is 0 Å². The number of aryl methyl sites for hydroxylation is 1.